The van der Waals surface area contributed by atoms with E-state index in [-0.39, 0.29) is 24.0 Å². The Hall–Kier alpha value is -1.35. The van der Waals surface area contributed by atoms with Crippen molar-refractivity contribution in [3.8, 4) is 0 Å². The summed E-state index contributed by atoms with van der Waals surface area (Å²) in [6.45, 7) is 8.03. The molecule has 0 amide bonds. The molecule has 1 aromatic carbocycles. The summed E-state index contributed by atoms with van der Waals surface area (Å²) in [5.74, 6) is 0.832. The minimum absolute atomic E-state index is 0. The number of halogens is 1. The van der Waals surface area contributed by atoms with E-state index in [0.29, 0.717) is 6.04 Å². The normalized spacial score (nSPS) is 12.3. The highest BCUT2D eigenvalue weighted by Gasteiger charge is 2.10. The first-order chi connectivity index (χ1) is 12.0. The molecule has 2 rings (SSSR count). The third-order valence-corrected chi connectivity index (χ3v) is 5.45. The second-order valence-electron chi connectivity index (χ2n) is 6.17. The van der Waals surface area contributed by atoms with E-state index < -0.39 is 0 Å². The maximum atomic E-state index is 4.58. The monoisotopic (exact) mass is 487 g/mol. The molecule has 0 fully saturated rings. The van der Waals surface area contributed by atoms with Crippen LogP contribution >= 0.6 is 35.3 Å². The molecule has 2 N–H and O–H groups in total. The molecule has 1 unspecified atom stereocenters. The van der Waals surface area contributed by atoms with Crippen LogP contribution in [0.2, 0.25) is 0 Å². The molecule has 0 saturated carbocycles. The van der Waals surface area contributed by atoms with E-state index in [4.69, 9.17) is 0 Å². The van der Waals surface area contributed by atoms with Crippen molar-refractivity contribution in [1.29, 1.82) is 0 Å². The third kappa shape index (κ3) is 6.75. The fraction of sp³-hybridized carbons (Fsp3) is 0.474. The molecule has 0 aliphatic heterocycles. The zero-order valence-electron chi connectivity index (χ0n) is 16.2. The number of nitrogens with zero attached hydrogens (tertiary/aromatic N) is 3. The predicted octanol–water partition coefficient (Wildman–Crippen LogP) is 3.61. The Kier molecular flexibility index (Phi) is 9.93. The summed E-state index contributed by atoms with van der Waals surface area (Å²) in [4.78, 5) is 12.4. The summed E-state index contributed by atoms with van der Waals surface area (Å²) in [6, 6.07) is 10.8. The quantitative estimate of drug-likeness (QED) is 0.356. The van der Waals surface area contributed by atoms with Gasteiger partial charge < -0.3 is 15.5 Å². The molecule has 2 aromatic rings. The highest BCUT2D eigenvalue weighted by molar-refractivity contribution is 14.0. The molecule has 0 aliphatic rings. The van der Waals surface area contributed by atoms with E-state index in [2.05, 4.69) is 77.6 Å². The molecule has 1 atom stereocenters. The molecule has 0 saturated heterocycles. The number of benzene rings is 1. The number of anilines is 1. The number of nitrogens with one attached hydrogen (secondary N) is 2. The lowest BCUT2D eigenvalue weighted by Crippen LogP contribution is -2.45. The van der Waals surface area contributed by atoms with Crippen LogP contribution < -0.4 is 15.5 Å². The number of hydrogen-bond donors (Lipinski definition) is 2. The van der Waals surface area contributed by atoms with Crippen molar-refractivity contribution in [1.82, 2.24) is 15.6 Å². The van der Waals surface area contributed by atoms with Crippen LogP contribution in [0.25, 0.3) is 0 Å². The van der Waals surface area contributed by atoms with E-state index in [1.54, 1.807) is 18.4 Å². The highest BCUT2D eigenvalue weighted by Crippen LogP contribution is 2.16. The van der Waals surface area contributed by atoms with Gasteiger partial charge in [0.25, 0.3) is 0 Å². The van der Waals surface area contributed by atoms with Crippen LogP contribution in [0.15, 0.2) is 35.3 Å². The van der Waals surface area contributed by atoms with Crippen molar-refractivity contribution in [2.24, 2.45) is 4.99 Å². The molecule has 7 heteroatoms. The first-order valence-electron chi connectivity index (χ1n) is 8.66. The van der Waals surface area contributed by atoms with Gasteiger partial charge in [0.15, 0.2) is 5.96 Å². The number of para-hydroxylation sites is 1. The van der Waals surface area contributed by atoms with Crippen molar-refractivity contribution >= 4 is 47.0 Å². The smallest absolute Gasteiger partial charge is 0.191 e. The van der Waals surface area contributed by atoms with E-state index in [0.717, 1.165) is 31.2 Å². The van der Waals surface area contributed by atoms with Gasteiger partial charge in [-0.25, -0.2) is 4.98 Å². The molecule has 144 valence electrons. The molecule has 0 radical (unpaired) electrons. The Morgan fingerprint density at radius 3 is 2.50 bits per heavy atom. The largest absolute Gasteiger partial charge is 0.370 e. The van der Waals surface area contributed by atoms with Crippen LogP contribution in [0.5, 0.6) is 0 Å². The van der Waals surface area contributed by atoms with Crippen LogP contribution in [-0.2, 0) is 6.42 Å². The number of hydrogen-bond acceptors (Lipinski definition) is 4. The van der Waals surface area contributed by atoms with Crippen molar-refractivity contribution < 1.29 is 0 Å². The van der Waals surface area contributed by atoms with Crippen LogP contribution in [-0.4, -0.2) is 44.2 Å². The van der Waals surface area contributed by atoms with E-state index in [1.165, 1.54) is 15.6 Å². The topological polar surface area (TPSA) is 52.6 Å². The van der Waals surface area contributed by atoms with Gasteiger partial charge in [-0.05, 0) is 32.9 Å². The highest BCUT2D eigenvalue weighted by atomic mass is 127. The number of thiazole rings is 1. The maximum Gasteiger partial charge on any atom is 0.191 e. The van der Waals surface area contributed by atoms with Crippen molar-refractivity contribution in [3.05, 3.63) is 45.9 Å². The average Bonchev–Trinajstić information content (AvgIpc) is 2.95. The summed E-state index contributed by atoms with van der Waals surface area (Å²) < 4.78 is 0. The Bertz CT molecular complexity index is 667. The number of rotatable bonds is 7. The molecular formula is C19H30IN5S. The molecule has 0 aliphatic carbocycles. The lowest BCUT2D eigenvalue weighted by molar-refractivity contribution is 0.648. The van der Waals surface area contributed by atoms with Gasteiger partial charge in [-0.1, -0.05) is 18.2 Å². The second-order valence-corrected chi connectivity index (χ2v) is 7.46. The average molecular weight is 487 g/mol. The maximum absolute atomic E-state index is 4.58. The summed E-state index contributed by atoms with van der Waals surface area (Å²) in [6.07, 6.45) is 0.916. The van der Waals surface area contributed by atoms with Gasteiger partial charge in [0, 0.05) is 50.2 Å². The number of likely N-dealkylation sites (N-methyl/N-ethyl adjacent to an activating group) is 1. The number of aryl methyl sites for hydroxylation is 2. The summed E-state index contributed by atoms with van der Waals surface area (Å²) >= 11 is 1.78. The second kappa shape index (κ2) is 11.4. The van der Waals surface area contributed by atoms with E-state index >= 15 is 0 Å². The lowest BCUT2D eigenvalue weighted by atomic mass is 10.2. The number of guanidine groups is 1. The van der Waals surface area contributed by atoms with Crippen molar-refractivity contribution in [2.75, 3.05) is 32.1 Å². The zero-order valence-corrected chi connectivity index (χ0v) is 19.4. The van der Waals surface area contributed by atoms with Gasteiger partial charge in [-0.3, -0.25) is 4.99 Å². The van der Waals surface area contributed by atoms with E-state index in [9.17, 15) is 0 Å². The first kappa shape index (κ1) is 22.7. The van der Waals surface area contributed by atoms with Crippen LogP contribution in [0.4, 0.5) is 5.69 Å². The van der Waals surface area contributed by atoms with Crippen LogP contribution in [0.3, 0.4) is 0 Å². The fourth-order valence-corrected chi connectivity index (χ4v) is 3.39. The Morgan fingerprint density at radius 1 is 1.23 bits per heavy atom. The molecule has 1 aromatic heterocycles. The lowest BCUT2D eigenvalue weighted by Gasteiger charge is -2.27. The number of aromatic nitrogens is 1. The molecule has 26 heavy (non-hydrogen) atoms. The molecule has 5 nitrogen and oxygen atoms in total. The van der Waals surface area contributed by atoms with Crippen molar-refractivity contribution in [2.45, 2.75) is 33.2 Å². The van der Waals surface area contributed by atoms with Gasteiger partial charge in [-0.2, -0.15) is 0 Å². The van der Waals surface area contributed by atoms with Crippen molar-refractivity contribution in [3.63, 3.8) is 0 Å². The fourth-order valence-electron chi connectivity index (χ4n) is 2.45. The molecule has 1 heterocycles. The standard InChI is InChI=1S/C19H29N5S.HI/c1-14(24(5)17-9-7-6-8-10-17)13-22-19(20-4)21-12-11-18-23-15(2)16(3)25-18;/h6-10,14H,11-13H2,1-5H3,(H2,20,21,22);1H. The van der Waals surface area contributed by atoms with Crippen LogP contribution in [0, 0.1) is 13.8 Å². The molecule has 0 bridgehead atoms. The van der Waals surface area contributed by atoms with Gasteiger partial charge in [0.05, 0.1) is 10.7 Å². The summed E-state index contributed by atoms with van der Waals surface area (Å²) in [7, 11) is 3.92. The minimum Gasteiger partial charge on any atom is -0.370 e. The van der Waals surface area contributed by atoms with E-state index in [1.807, 2.05) is 6.07 Å². The van der Waals surface area contributed by atoms with Gasteiger partial charge in [-0.15, -0.1) is 35.3 Å². The predicted molar refractivity (Wildman–Crippen MR) is 124 cm³/mol. The first-order valence-corrected chi connectivity index (χ1v) is 9.48. The van der Waals surface area contributed by atoms with Gasteiger partial charge >= 0.3 is 0 Å². The van der Waals surface area contributed by atoms with Gasteiger partial charge in [0.2, 0.25) is 0 Å². The molecular weight excluding hydrogens is 457 g/mol. The van der Waals surface area contributed by atoms with Crippen LogP contribution in [0.1, 0.15) is 22.5 Å². The Labute approximate surface area is 178 Å². The minimum atomic E-state index is 0. The zero-order chi connectivity index (χ0) is 18.2. The SMILES string of the molecule is CN=C(NCCc1nc(C)c(C)s1)NCC(C)N(C)c1ccccc1.I. The Balaban J connectivity index is 0.00000338. The summed E-state index contributed by atoms with van der Waals surface area (Å²) in [5.41, 5.74) is 2.36. The molecule has 0 spiro atoms. The third-order valence-electron chi connectivity index (χ3n) is 4.32. The Morgan fingerprint density at radius 2 is 1.92 bits per heavy atom. The summed E-state index contributed by atoms with van der Waals surface area (Å²) in [5, 5.41) is 7.95. The number of aliphatic imine (C=N–C) groups is 1. The van der Waals surface area contributed by atoms with Gasteiger partial charge in [0.1, 0.15) is 0 Å².